The Labute approximate surface area is 140 Å². The zero-order valence-corrected chi connectivity index (χ0v) is 14.0. The molecule has 3 aromatic heterocycles. The van der Waals surface area contributed by atoms with Crippen LogP contribution in [0.4, 0.5) is 11.6 Å². The van der Waals surface area contributed by atoms with Crippen molar-refractivity contribution in [3.05, 3.63) is 30.2 Å². The highest BCUT2D eigenvalue weighted by Crippen LogP contribution is 2.31. The molecular weight excluding hydrogens is 304 g/mol. The van der Waals surface area contributed by atoms with Gasteiger partial charge in [-0.3, -0.25) is 0 Å². The molecule has 126 valence electrons. The number of nitrogens with one attached hydrogen (secondary N) is 2. The second kappa shape index (κ2) is 6.45. The molecule has 1 atom stereocenters. The highest BCUT2D eigenvalue weighted by molar-refractivity contribution is 5.95. The van der Waals surface area contributed by atoms with Gasteiger partial charge >= 0.3 is 0 Å². The lowest BCUT2D eigenvalue weighted by atomic mass is 10.1. The smallest absolute Gasteiger partial charge is 0.223 e. The summed E-state index contributed by atoms with van der Waals surface area (Å²) in [5.74, 6) is 0.696. The number of nitrogen functional groups attached to an aromatic ring is 1. The molecule has 0 bridgehead atoms. The Morgan fingerprint density at radius 2 is 2.08 bits per heavy atom. The average molecular weight is 326 g/mol. The van der Waals surface area contributed by atoms with Crippen molar-refractivity contribution >= 4 is 22.7 Å². The zero-order valence-electron chi connectivity index (χ0n) is 14.0. The number of nitrogens with zero attached hydrogens (tertiary/aromatic N) is 3. The van der Waals surface area contributed by atoms with E-state index in [9.17, 15) is 5.11 Å². The lowest BCUT2D eigenvalue weighted by molar-refractivity contribution is 0.248. The Kier molecular flexibility index (Phi) is 4.35. The minimum Gasteiger partial charge on any atom is -0.396 e. The largest absolute Gasteiger partial charge is 0.396 e. The van der Waals surface area contributed by atoms with Crippen molar-refractivity contribution in [3.8, 4) is 11.3 Å². The summed E-state index contributed by atoms with van der Waals surface area (Å²) in [7, 11) is 0. The van der Waals surface area contributed by atoms with Gasteiger partial charge in [-0.25, -0.2) is 15.0 Å². The van der Waals surface area contributed by atoms with E-state index in [1.54, 1.807) is 6.20 Å². The number of aryl methyl sites for hydroxylation is 1. The molecule has 0 radical (unpaired) electrons. The number of fused-ring (bicyclic) bond motifs is 1. The summed E-state index contributed by atoms with van der Waals surface area (Å²) in [6.45, 7) is 6.06. The van der Waals surface area contributed by atoms with Crippen LogP contribution in [-0.2, 0) is 0 Å². The van der Waals surface area contributed by atoms with Crippen molar-refractivity contribution in [1.82, 2.24) is 19.9 Å². The van der Waals surface area contributed by atoms with Gasteiger partial charge in [-0.15, -0.1) is 0 Å². The van der Waals surface area contributed by atoms with Crippen molar-refractivity contribution in [3.63, 3.8) is 0 Å². The Morgan fingerprint density at radius 1 is 1.29 bits per heavy atom. The number of pyridine rings is 1. The Hall–Kier alpha value is -2.67. The first-order valence-corrected chi connectivity index (χ1v) is 7.93. The van der Waals surface area contributed by atoms with E-state index in [4.69, 9.17) is 5.73 Å². The van der Waals surface area contributed by atoms with E-state index in [2.05, 4.69) is 25.3 Å². The standard InChI is InChI=1S/C17H22N6O/c1-9(2)14(8-24)22-17-21-7-13(18)15(23-17)12-6-20-16-11(12)4-10(3)5-19-16/h4-7,9,14,24H,8,18H2,1-3H3,(H,19,20)(H,21,22,23). The molecule has 7 heteroatoms. The van der Waals surface area contributed by atoms with Crippen LogP contribution in [-0.4, -0.2) is 37.7 Å². The molecule has 24 heavy (non-hydrogen) atoms. The van der Waals surface area contributed by atoms with Crippen LogP contribution in [0, 0.1) is 12.8 Å². The number of aromatic nitrogens is 4. The van der Waals surface area contributed by atoms with E-state index in [1.165, 1.54) is 0 Å². The Bertz CT molecular complexity index is 857. The summed E-state index contributed by atoms with van der Waals surface area (Å²) < 4.78 is 0. The van der Waals surface area contributed by atoms with Gasteiger partial charge in [0.25, 0.3) is 0 Å². The molecule has 0 spiro atoms. The predicted octanol–water partition coefficient (Wildman–Crippen LogP) is 2.34. The molecule has 0 saturated heterocycles. The fourth-order valence-electron chi connectivity index (χ4n) is 2.57. The van der Waals surface area contributed by atoms with Crippen LogP contribution in [0.5, 0.6) is 0 Å². The third kappa shape index (κ3) is 3.03. The maximum atomic E-state index is 9.48. The molecule has 0 aliphatic rings. The second-order valence-electron chi connectivity index (χ2n) is 6.29. The van der Waals surface area contributed by atoms with E-state index >= 15 is 0 Å². The Morgan fingerprint density at radius 3 is 2.79 bits per heavy atom. The monoisotopic (exact) mass is 326 g/mol. The van der Waals surface area contributed by atoms with Gasteiger partial charge in [-0.1, -0.05) is 13.8 Å². The van der Waals surface area contributed by atoms with Crippen LogP contribution < -0.4 is 11.1 Å². The highest BCUT2D eigenvalue weighted by Gasteiger charge is 2.16. The number of hydrogen-bond acceptors (Lipinski definition) is 6. The van der Waals surface area contributed by atoms with Crippen LogP contribution in [0.3, 0.4) is 0 Å². The minimum absolute atomic E-state index is 0.0108. The van der Waals surface area contributed by atoms with Gasteiger partial charge in [0.05, 0.1) is 24.5 Å². The van der Waals surface area contributed by atoms with Gasteiger partial charge in [0, 0.05) is 23.3 Å². The van der Waals surface area contributed by atoms with Crippen molar-refractivity contribution in [2.75, 3.05) is 17.7 Å². The molecule has 0 aromatic carbocycles. The number of rotatable bonds is 5. The molecular formula is C17H22N6O. The molecule has 0 amide bonds. The zero-order chi connectivity index (χ0) is 17.3. The maximum absolute atomic E-state index is 9.48. The number of anilines is 2. The van der Waals surface area contributed by atoms with Crippen molar-refractivity contribution in [1.29, 1.82) is 0 Å². The van der Waals surface area contributed by atoms with Gasteiger partial charge in [0.2, 0.25) is 5.95 Å². The molecule has 0 saturated carbocycles. The van der Waals surface area contributed by atoms with Crippen LogP contribution >= 0.6 is 0 Å². The van der Waals surface area contributed by atoms with Crippen LogP contribution in [0.25, 0.3) is 22.3 Å². The lowest BCUT2D eigenvalue weighted by Crippen LogP contribution is -2.30. The lowest BCUT2D eigenvalue weighted by Gasteiger charge is -2.20. The molecule has 1 unspecified atom stereocenters. The van der Waals surface area contributed by atoms with Crippen molar-refractivity contribution < 1.29 is 5.11 Å². The fraction of sp³-hybridized carbons (Fsp3) is 0.353. The number of hydrogen-bond donors (Lipinski definition) is 4. The SMILES string of the molecule is Cc1cnc2[nH]cc(-c3nc(NC(CO)C(C)C)ncc3N)c2c1. The molecule has 3 rings (SSSR count). The summed E-state index contributed by atoms with van der Waals surface area (Å²) in [4.78, 5) is 16.3. The molecule has 0 aliphatic heterocycles. The summed E-state index contributed by atoms with van der Waals surface area (Å²) in [6, 6.07) is 1.93. The van der Waals surface area contributed by atoms with Crippen LogP contribution in [0.2, 0.25) is 0 Å². The fourth-order valence-corrected chi connectivity index (χ4v) is 2.57. The molecule has 7 nitrogen and oxygen atoms in total. The molecule has 0 aliphatic carbocycles. The number of H-pyrrole nitrogens is 1. The number of aromatic amines is 1. The van der Waals surface area contributed by atoms with E-state index in [0.29, 0.717) is 17.3 Å². The highest BCUT2D eigenvalue weighted by atomic mass is 16.3. The first-order valence-electron chi connectivity index (χ1n) is 7.93. The summed E-state index contributed by atoms with van der Waals surface area (Å²) in [5, 5.41) is 13.6. The van der Waals surface area contributed by atoms with Gasteiger partial charge in [-0.2, -0.15) is 0 Å². The van der Waals surface area contributed by atoms with Crippen molar-refractivity contribution in [2.24, 2.45) is 5.92 Å². The quantitative estimate of drug-likeness (QED) is 0.572. The predicted molar refractivity (Wildman–Crippen MR) is 95.6 cm³/mol. The first kappa shape index (κ1) is 16.2. The van der Waals surface area contributed by atoms with Crippen molar-refractivity contribution in [2.45, 2.75) is 26.8 Å². The third-order valence-electron chi connectivity index (χ3n) is 4.06. The normalized spacial score (nSPS) is 12.7. The maximum Gasteiger partial charge on any atom is 0.223 e. The van der Waals surface area contributed by atoms with Gasteiger partial charge in [0.15, 0.2) is 0 Å². The van der Waals surface area contributed by atoms with E-state index in [-0.39, 0.29) is 18.6 Å². The average Bonchev–Trinajstić information content (AvgIpc) is 2.96. The molecule has 5 N–H and O–H groups in total. The number of nitrogens with two attached hydrogens (primary N) is 1. The van der Waals surface area contributed by atoms with E-state index < -0.39 is 0 Å². The van der Waals surface area contributed by atoms with E-state index in [0.717, 1.165) is 22.2 Å². The molecule has 3 heterocycles. The summed E-state index contributed by atoms with van der Waals surface area (Å²) >= 11 is 0. The number of aliphatic hydroxyl groups excluding tert-OH is 1. The molecule has 0 fully saturated rings. The summed E-state index contributed by atoms with van der Waals surface area (Å²) in [5.41, 5.74) is 9.97. The second-order valence-corrected chi connectivity index (χ2v) is 6.29. The van der Waals surface area contributed by atoms with E-state index in [1.807, 2.05) is 39.2 Å². The first-order chi connectivity index (χ1) is 11.5. The Balaban J connectivity index is 2.04. The van der Waals surface area contributed by atoms with Gasteiger partial charge in [0.1, 0.15) is 11.3 Å². The van der Waals surface area contributed by atoms with Crippen LogP contribution in [0.15, 0.2) is 24.7 Å². The third-order valence-corrected chi connectivity index (χ3v) is 4.06. The van der Waals surface area contributed by atoms with Gasteiger partial charge < -0.3 is 21.1 Å². The molecule has 3 aromatic rings. The van der Waals surface area contributed by atoms with Gasteiger partial charge in [-0.05, 0) is 24.5 Å². The van der Waals surface area contributed by atoms with Crippen LogP contribution in [0.1, 0.15) is 19.4 Å². The summed E-state index contributed by atoms with van der Waals surface area (Å²) in [6.07, 6.45) is 5.25. The number of aliphatic hydroxyl groups is 1. The minimum atomic E-state index is -0.117. The topological polar surface area (TPSA) is 113 Å².